The fourth-order valence-electron chi connectivity index (χ4n) is 3.87. The highest BCUT2D eigenvalue weighted by Crippen LogP contribution is 2.22. The number of hydrogen-bond donors (Lipinski definition) is 2. The molecule has 0 spiro atoms. The molecule has 0 saturated carbocycles. The second-order valence-electron chi connectivity index (χ2n) is 7.54. The number of carbonyl (C=O) groups excluding carboxylic acids is 1. The van der Waals surface area contributed by atoms with Crippen LogP contribution in [0.15, 0.2) is 54.9 Å². The van der Waals surface area contributed by atoms with E-state index in [1.165, 1.54) is 6.33 Å². The van der Waals surface area contributed by atoms with Crippen LogP contribution in [0.3, 0.4) is 0 Å². The standard InChI is InChI=1S/C21H22N8O/c30-21(23-16-5-7-17(8-6-16)29-14-22-26-27-29)15-9-11-28(12-10-15)13-20-24-18-3-1-2-4-19(18)25-20/h1-8,14-15H,9-13H2,(H,23,30)(H,24,25). The van der Waals surface area contributed by atoms with Gasteiger partial charge in [-0.2, -0.15) is 0 Å². The summed E-state index contributed by atoms with van der Waals surface area (Å²) in [6, 6.07) is 15.5. The van der Waals surface area contributed by atoms with Crippen LogP contribution in [0.4, 0.5) is 5.69 Å². The molecule has 0 bridgehead atoms. The Labute approximate surface area is 173 Å². The summed E-state index contributed by atoms with van der Waals surface area (Å²) < 4.78 is 1.57. The zero-order chi connectivity index (χ0) is 20.3. The van der Waals surface area contributed by atoms with E-state index >= 15 is 0 Å². The first-order valence-corrected chi connectivity index (χ1v) is 10.0. The summed E-state index contributed by atoms with van der Waals surface area (Å²) in [7, 11) is 0. The van der Waals surface area contributed by atoms with Crippen LogP contribution < -0.4 is 5.32 Å². The molecular formula is C21H22N8O. The predicted octanol–water partition coefficient (Wildman–Crippen LogP) is 2.39. The molecule has 4 aromatic rings. The Balaban J connectivity index is 1.14. The summed E-state index contributed by atoms with van der Waals surface area (Å²) in [6.07, 6.45) is 3.22. The molecule has 0 aliphatic carbocycles. The molecule has 1 saturated heterocycles. The Morgan fingerprint density at radius 1 is 1.10 bits per heavy atom. The molecule has 3 heterocycles. The van der Waals surface area contributed by atoms with Crippen LogP contribution in [0.25, 0.3) is 16.7 Å². The largest absolute Gasteiger partial charge is 0.341 e. The van der Waals surface area contributed by atoms with Crippen molar-refractivity contribution in [3.63, 3.8) is 0 Å². The van der Waals surface area contributed by atoms with Gasteiger partial charge >= 0.3 is 0 Å². The maximum absolute atomic E-state index is 12.7. The van der Waals surface area contributed by atoms with Gasteiger partial charge in [-0.05, 0) is 72.8 Å². The lowest BCUT2D eigenvalue weighted by molar-refractivity contribution is -0.121. The maximum atomic E-state index is 12.7. The predicted molar refractivity (Wildman–Crippen MR) is 112 cm³/mol. The molecular weight excluding hydrogens is 380 g/mol. The molecule has 5 rings (SSSR count). The monoisotopic (exact) mass is 402 g/mol. The van der Waals surface area contributed by atoms with Crippen LogP contribution in [-0.4, -0.2) is 54.1 Å². The molecule has 2 aromatic carbocycles. The second kappa shape index (κ2) is 8.03. The summed E-state index contributed by atoms with van der Waals surface area (Å²) in [5.74, 6) is 1.08. The van der Waals surface area contributed by atoms with Gasteiger partial charge in [-0.15, -0.1) is 5.10 Å². The highest BCUT2D eigenvalue weighted by atomic mass is 16.1. The number of hydrogen-bond acceptors (Lipinski definition) is 6. The molecule has 9 heteroatoms. The SMILES string of the molecule is O=C(Nc1ccc(-n2cnnn2)cc1)C1CCN(Cc2nc3ccccc3[nH]2)CC1. The van der Waals surface area contributed by atoms with E-state index < -0.39 is 0 Å². The molecule has 1 fully saturated rings. The number of benzene rings is 2. The Hall–Kier alpha value is -3.59. The van der Waals surface area contributed by atoms with Crippen molar-refractivity contribution in [2.75, 3.05) is 18.4 Å². The first-order chi connectivity index (χ1) is 14.7. The van der Waals surface area contributed by atoms with Gasteiger partial charge in [0.05, 0.1) is 23.3 Å². The van der Waals surface area contributed by atoms with E-state index in [2.05, 4.69) is 35.7 Å². The van der Waals surface area contributed by atoms with Crippen molar-refractivity contribution in [2.45, 2.75) is 19.4 Å². The van der Waals surface area contributed by atoms with E-state index in [1.807, 2.05) is 48.5 Å². The summed E-state index contributed by atoms with van der Waals surface area (Å²) in [5.41, 5.74) is 3.68. The van der Waals surface area contributed by atoms with Crippen molar-refractivity contribution >= 4 is 22.6 Å². The number of amides is 1. The summed E-state index contributed by atoms with van der Waals surface area (Å²) in [6.45, 7) is 2.54. The number of aromatic amines is 1. The molecule has 152 valence electrons. The smallest absolute Gasteiger partial charge is 0.227 e. The number of likely N-dealkylation sites (tertiary alicyclic amines) is 1. The molecule has 2 N–H and O–H groups in total. The molecule has 1 aliphatic heterocycles. The third-order valence-electron chi connectivity index (χ3n) is 5.52. The molecule has 0 atom stereocenters. The van der Waals surface area contributed by atoms with E-state index in [0.29, 0.717) is 0 Å². The van der Waals surface area contributed by atoms with E-state index in [4.69, 9.17) is 0 Å². The lowest BCUT2D eigenvalue weighted by Gasteiger charge is -2.30. The van der Waals surface area contributed by atoms with Gasteiger partial charge in [0.2, 0.25) is 5.91 Å². The van der Waals surface area contributed by atoms with Gasteiger partial charge in [0, 0.05) is 11.6 Å². The average Bonchev–Trinajstić information content (AvgIpc) is 3.44. The van der Waals surface area contributed by atoms with Crippen molar-refractivity contribution in [2.24, 2.45) is 5.92 Å². The Morgan fingerprint density at radius 3 is 2.63 bits per heavy atom. The van der Waals surface area contributed by atoms with Crippen LogP contribution in [0.1, 0.15) is 18.7 Å². The number of aromatic nitrogens is 6. The van der Waals surface area contributed by atoms with Gasteiger partial charge in [-0.3, -0.25) is 9.69 Å². The number of rotatable bonds is 5. The third kappa shape index (κ3) is 3.92. The van der Waals surface area contributed by atoms with E-state index in [-0.39, 0.29) is 11.8 Å². The highest BCUT2D eigenvalue weighted by molar-refractivity contribution is 5.92. The number of nitrogens with one attached hydrogen (secondary N) is 2. The minimum Gasteiger partial charge on any atom is -0.341 e. The number of nitrogens with zero attached hydrogens (tertiary/aromatic N) is 6. The summed E-state index contributed by atoms with van der Waals surface area (Å²) in [4.78, 5) is 23.1. The normalized spacial score (nSPS) is 15.5. The van der Waals surface area contributed by atoms with Crippen LogP contribution in [0.5, 0.6) is 0 Å². The first kappa shape index (κ1) is 18.4. The number of imidazole rings is 1. The van der Waals surface area contributed by atoms with Gasteiger partial charge in [0.1, 0.15) is 12.2 Å². The zero-order valence-electron chi connectivity index (χ0n) is 16.4. The van der Waals surface area contributed by atoms with Crippen molar-refractivity contribution in [1.82, 2.24) is 35.1 Å². The van der Waals surface area contributed by atoms with Crippen molar-refractivity contribution in [3.8, 4) is 5.69 Å². The zero-order valence-corrected chi connectivity index (χ0v) is 16.4. The van der Waals surface area contributed by atoms with Crippen LogP contribution >= 0.6 is 0 Å². The molecule has 1 aliphatic rings. The van der Waals surface area contributed by atoms with Gasteiger partial charge in [0.15, 0.2) is 0 Å². The van der Waals surface area contributed by atoms with Crippen LogP contribution in [0, 0.1) is 5.92 Å². The van der Waals surface area contributed by atoms with Crippen LogP contribution in [-0.2, 0) is 11.3 Å². The number of piperidine rings is 1. The molecule has 9 nitrogen and oxygen atoms in total. The van der Waals surface area contributed by atoms with Gasteiger partial charge in [-0.25, -0.2) is 9.67 Å². The Morgan fingerprint density at radius 2 is 1.90 bits per heavy atom. The molecule has 0 radical (unpaired) electrons. The quantitative estimate of drug-likeness (QED) is 0.531. The van der Waals surface area contributed by atoms with E-state index in [0.717, 1.165) is 60.7 Å². The van der Waals surface area contributed by atoms with Crippen molar-refractivity contribution in [1.29, 1.82) is 0 Å². The number of tetrazole rings is 1. The molecule has 0 unspecified atom stereocenters. The van der Waals surface area contributed by atoms with E-state index in [9.17, 15) is 4.79 Å². The number of fused-ring (bicyclic) bond motifs is 1. The number of H-pyrrole nitrogens is 1. The third-order valence-corrected chi connectivity index (χ3v) is 5.52. The fraction of sp³-hybridized carbons (Fsp3) is 0.286. The number of anilines is 1. The Bertz CT molecular complexity index is 1090. The van der Waals surface area contributed by atoms with E-state index in [1.54, 1.807) is 4.68 Å². The fourth-order valence-corrected chi connectivity index (χ4v) is 3.87. The van der Waals surface area contributed by atoms with Gasteiger partial charge in [-0.1, -0.05) is 12.1 Å². The van der Waals surface area contributed by atoms with Crippen molar-refractivity contribution in [3.05, 3.63) is 60.7 Å². The summed E-state index contributed by atoms with van der Waals surface area (Å²) >= 11 is 0. The molecule has 1 amide bonds. The summed E-state index contributed by atoms with van der Waals surface area (Å²) in [5, 5.41) is 14.1. The molecule has 30 heavy (non-hydrogen) atoms. The number of para-hydroxylation sites is 2. The number of carbonyl (C=O) groups is 1. The minimum atomic E-state index is 0.0242. The second-order valence-corrected chi connectivity index (χ2v) is 7.54. The van der Waals surface area contributed by atoms with Crippen molar-refractivity contribution < 1.29 is 4.79 Å². The topological polar surface area (TPSA) is 105 Å². The minimum absolute atomic E-state index is 0.0242. The maximum Gasteiger partial charge on any atom is 0.227 e. The van der Waals surface area contributed by atoms with Gasteiger partial charge < -0.3 is 10.3 Å². The lowest BCUT2D eigenvalue weighted by Crippen LogP contribution is -2.38. The Kier molecular flexibility index (Phi) is 4.94. The van der Waals surface area contributed by atoms with Crippen LogP contribution in [0.2, 0.25) is 0 Å². The first-order valence-electron chi connectivity index (χ1n) is 10.0. The van der Waals surface area contributed by atoms with Gasteiger partial charge in [0.25, 0.3) is 0 Å². The average molecular weight is 402 g/mol. The molecule has 2 aromatic heterocycles. The lowest BCUT2D eigenvalue weighted by atomic mass is 9.96. The highest BCUT2D eigenvalue weighted by Gasteiger charge is 2.25.